The molecule has 3 bridgehead atoms. The Morgan fingerprint density at radius 3 is 2.44 bits per heavy atom. The molecule has 3 aromatic carbocycles. The number of benzene rings is 3. The first kappa shape index (κ1) is 45.2. The molecule has 14 nitrogen and oxygen atoms in total. The molecule has 2 aliphatic heterocycles. The second kappa shape index (κ2) is 19.0. The Morgan fingerprint density at radius 2 is 1.70 bits per heavy atom. The van der Waals surface area contributed by atoms with E-state index in [9.17, 15) is 35.1 Å². The van der Waals surface area contributed by atoms with Crippen molar-refractivity contribution in [3.05, 3.63) is 107 Å². The van der Waals surface area contributed by atoms with Gasteiger partial charge in [-0.1, -0.05) is 73.5 Å². The maximum absolute atomic E-state index is 15.4. The highest BCUT2D eigenvalue weighted by Crippen LogP contribution is 2.60. The Bertz CT molecular complexity index is 2290. The van der Waals surface area contributed by atoms with Crippen LogP contribution >= 0.6 is 0 Å². The van der Waals surface area contributed by atoms with Crippen LogP contribution in [-0.2, 0) is 35.0 Å². The number of carbonyl (C=O) groups is 3. The van der Waals surface area contributed by atoms with Crippen LogP contribution in [0, 0.1) is 17.8 Å². The molecule has 0 radical (unpaired) electrons. The van der Waals surface area contributed by atoms with Gasteiger partial charge in [0.15, 0.2) is 40.2 Å². The highest BCUT2D eigenvalue weighted by atomic mass is 16.6. The summed E-state index contributed by atoms with van der Waals surface area (Å²) in [4.78, 5) is 43.1. The van der Waals surface area contributed by atoms with Crippen molar-refractivity contribution < 1.29 is 58.9 Å². The number of hydrogen-bond donors (Lipinski definition) is 7. The van der Waals surface area contributed by atoms with Crippen molar-refractivity contribution in [2.45, 2.75) is 92.8 Å². The monoisotopic (exact) mass is 878 g/mol. The van der Waals surface area contributed by atoms with Gasteiger partial charge in [0, 0.05) is 37.0 Å². The average molecular weight is 879 g/mol. The Kier molecular flexibility index (Phi) is 13.4. The van der Waals surface area contributed by atoms with E-state index in [1.54, 1.807) is 30.4 Å². The second-order valence-corrected chi connectivity index (χ2v) is 18.1. The number of phenols is 3. The van der Waals surface area contributed by atoms with Crippen molar-refractivity contribution >= 4 is 29.7 Å². The number of carbonyl (C=O) groups excluding carboxylic acids is 2. The maximum Gasteiger partial charge on any atom is 0.336 e. The molecule has 3 aromatic rings. The largest absolute Gasteiger partial charge is 0.504 e. The lowest BCUT2D eigenvalue weighted by atomic mass is 9.54. The number of phenolic OH excluding ortho intramolecular Hbond substituents is 3. The van der Waals surface area contributed by atoms with E-state index in [1.807, 2.05) is 36.4 Å². The number of allylic oxidation sites excluding steroid dienone is 2. The van der Waals surface area contributed by atoms with Gasteiger partial charge >= 0.3 is 5.97 Å². The molecule has 8 N–H and O–H groups in total. The van der Waals surface area contributed by atoms with Crippen LogP contribution in [0.4, 0.5) is 0 Å². The molecule has 4 fully saturated rings. The lowest BCUT2D eigenvalue weighted by molar-refractivity contribution is -0.340. The van der Waals surface area contributed by atoms with Crippen LogP contribution in [0.5, 0.6) is 23.0 Å². The molecule has 0 amide bonds. The topological polar surface area (TPSA) is 227 Å². The van der Waals surface area contributed by atoms with E-state index >= 15 is 4.79 Å². The fourth-order valence-electron chi connectivity index (χ4n) is 10.9. The molecule has 2 saturated carbocycles. The predicted octanol–water partition coefficient (Wildman–Crippen LogP) is 5.25. The van der Waals surface area contributed by atoms with E-state index < -0.39 is 65.6 Å². The number of fused-ring (bicyclic) bond motifs is 2. The van der Waals surface area contributed by atoms with Gasteiger partial charge in [-0.25, -0.2) is 4.79 Å². The number of nitrogens with one attached hydrogen (secondary N) is 1. The maximum atomic E-state index is 15.4. The molecule has 5 aliphatic rings. The van der Waals surface area contributed by atoms with Gasteiger partial charge in [-0.05, 0) is 103 Å². The minimum atomic E-state index is -2.19. The first-order valence-corrected chi connectivity index (χ1v) is 22.3. The minimum absolute atomic E-state index is 0.0454. The number of aliphatic hydroxyl groups is 1. The molecule has 8 rings (SSSR count). The van der Waals surface area contributed by atoms with Gasteiger partial charge in [0.25, 0.3) is 0 Å². The van der Waals surface area contributed by atoms with Crippen LogP contribution < -0.4 is 15.8 Å². The predicted molar refractivity (Wildman–Crippen MR) is 237 cm³/mol. The number of ether oxygens (including phenoxy) is 4. The van der Waals surface area contributed by atoms with Crippen molar-refractivity contribution in [3.63, 3.8) is 0 Å². The molecule has 2 saturated heterocycles. The zero-order valence-corrected chi connectivity index (χ0v) is 35.8. The molecule has 340 valence electrons. The van der Waals surface area contributed by atoms with Gasteiger partial charge in [0.05, 0.1) is 12.7 Å². The van der Waals surface area contributed by atoms with E-state index in [-0.39, 0.29) is 85.5 Å². The van der Waals surface area contributed by atoms with E-state index in [1.165, 1.54) is 30.4 Å². The number of Topliss-reactive ketones (excluding diaryl/α,β-unsaturated/α-hetero) is 1. The van der Waals surface area contributed by atoms with Gasteiger partial charge in [-0.3, -0.25) is 9.59 Å². The van der Waals surface area contributed by atoms with Crippen molar-refractivity contribution in [2.24, 2.45) is 23.5 Å². The van der Waals surface area contributed by atoms with Gasteiger partial charge in [0.2, 0.25) is 0 Å². The molecule has 3 aliphatic carbocycles. The van der Waals surface area contributed by atoms with Crippen molar-refractivity contribution in [1.82, 2.24) is 5.32 Å². The summed E-state index contributed by atoms with van der Waals surface area (Å²) in [6, 6.07) is 19.0. The van der Waals surface area contributed by atoms with E-state index in [2.05, 4.69) is 5.32 Å². The van der Waals surface area contributed by atoms with Crippen molar-refractivity contribution in [3.8, 4) is 23.0 Å². The quantitative estimate of drug-likeness (QED) is 0.0721. The van der Waals surface area contributed by atoms with Crippen LogP contribution in [-0.4, -0.2) is 111 Å². The number of carboxylic acid groups (broad SMARTS) is 1. The van der Waals surface area contributed by atoms with Crippen LogP contribution in [0.15, 0.2) is 90.5 Å². The molecule has 1 spiro atoms. The molecule has 0 unspecified atom stereocenters. The smallest absolute Gasteiger partial charge is 0.336 e. The SMILES string of the molecule is NCCOc1ccc(/C=C/C(=O)CO[C@@]2(C(=O)O)C[C@@H](O)[C@H]3OC[C@H](CCc4ccccc4)C[C@@]45C[C@@H](C=C/C(=C\c6ccc(O)c(O)c6)C4=O)[C@@H]2[C@@]3(CNC2CCCC2)O5)cc1O. The third kappa shape index (κ3) is 9.13. The minimum Gasteiger partial charge on any atom is -0.504 e. The third-order valence-corrected chi connectivity index (χ3v) is 13.8. The highest BCUT2D eigenvalue weighted by Gasteiger charge is 2.74. The Hall–Kier alpha value is -5.35. The normalized spacial score (nSPS) is 30.8. The van der Waals surface area contributed by atoms with Gasteiger partial charge in [-0.2, -0.15) is 0 Å². The van der Waals surface area contributed by atoms with Crippen LogP contribution in [0.1, 0.15) is 68.1 Å². The summed E-state index contributed by atoms with van der Waals surface area (Å²) in [5, 5.41) is 58.3. The fourth-order valence-corrected chi connectivity index (χ4v) is 10.9. The molecule has 14 heteroatoms. The first-order chi connectivity index (χ1) is 30.8. The summed E-state index contributed by atoms with van der Waals surface area (Å²) in [5.74, 6) is -4.78. The number of rotatable bonds is 16. The molecule has 8 atom stereocenters. The van der Waals surface area contributed by atoms with Crippen molar-refractivity contribution in [2.75, 3.05) is 32.9 Å². The summed E-state index contributed by atoms with van der Waals surface area (Å²) in [5.41, 5.74) is 2.50. The highest BCUT2D eigenvalue weighted by molar-refractivity contribution is 6.08. The standard InChI is InChI=1S/C50H58N2O12/c51-20-21-61-43-19-14-32(23-41(43)56)12-17-38(53)29-63-49(47(59)60)27-42(57)46-50(30-52-37-8-4-5-9-37)44(49)36-16-15-35(22-33-13-18-39(54)40(55)24-33)45(58)48(26-36,64-50)25-34(28-62-46)11-10-31-6-2-1-3-7-31/h1-3,6-7,12-19,22-24,34,36-37,42,44,46,52,54-57H,4-5,8-11,20-21,25-30,51H2,(H,59,60)/b17-12+,35-22+/t34-,36-,42-,44+,46-,48-,49+,50-/m1/s1. The fraction of sp³-hybridized carbons (Fsp3) is 0.460. The molecule has 0 aromatic heterocycles. The van der Waals surface area contributed by atoms with Gasteiger partial charge < -0.3 is 55.5 Å². The lowest BCUT2D eigenvalue weighted by Gasteiger charge is -2.65. The number of aliphatic carboxylic acids is 1. The second-order valence-electron chi connectivity index (χ2n) is 18.1. The summed E-state index contributed by atoms with van der Waals surface area (Å²) in [6.45, 7) is 0.0320. The summed E-state index contributed by atoms with van der Waals surface area (Å²) in [7, 11) is 0. The number of nitrogens with two attached hydrogens (primary N) is 1. The Balaban J connectivity index is 1.19. The number of aryl methyl sites for hydroxylation is 1. The zero-order valence-electron chi connectivity index (χ0n) is 35.8. The number of ketones is 2. The van der Waals surface area contributed by atoms with Crippen LogP contribution in [0.2, 0.25) is 0 Å². The zero-order chi connectivity index (χ0) is 45.1. The molecular formula is C50H58N2O12. The van der Waals surface area contributed by atoms with Gasteiger partial charge in [0.1, 0.15) is 30.5 Å². The van der Waals surface area contributed by atoms with Crippen molar-refractivity contribution in [1.29, 1.82) is 0 Å². The van der Waals surface area contributed by atoms with Crippen LogP contribution in [0.3, 0.4) is 0 Å². The molecule has 64 heavy (non-hydrogen) atoms. The van der Waals surface area contributed by atoms with Crippen LogP contribution in [0.25, 0.3) is 12.2 Å². The number of carboxylic acids is 1. The number of hydrogen-bond acceptors (Lipinski definition) is 13. The first-order valence-electron chi connectivity index (χ1n) is 22.3. The summed E-state index contributed by atoms with van der Waals surface area (Å²) >= 11 is 0. The van der Waals surface area contributed by atoms with E-state index in [0.29, 0.717) is 24.0 Å². The Labute approximate surface area is 372 Å². The molecule has 2 heterocycles. The van der Waals surface area contributed by atoms with Gasteiger partial charge in [-0.15, -0.1) is 0 Å². The molecular weight excluding hydrogens is 821 g/mol. The number of aromatic hydroxyl groups is 3. The number of aliphatic hydroxyl groups excluding tert-OH is 1. The summed E-state index contributed by atoms with van der Waals surface area (Å²) < 4.78 is 26.1. The van der Waals surface area contributed by atoms with E-state index in [4.69, 9.17) is 24.7 Å². The lowest BCUT2D eigenvalue weighted by Crippen LogP contribution is -2.80. The Morgan fingerprint density at radius 1 is 0.938 bits per heavy atom. The van der Waals surface area contributed by atoms with E-state index in [0.717, 1.165) is 31.2 Å². The third-order valence-electron chi connectivity index (χ3n) is 13.8. The average Bonchev–Trinajstić information content (AvgIpc) is 3.78. The summed E-state index contributed by atoms with van der Waals surface area (Å²) in [6.07, 6.45) is 10.4.